The van der Waals surface area contributed by atoms with Gasteiger partial charge in [-0.2, -0.15) is 0 Å². The standard InChI is InChI=1S/C58H56N4/c1-42-19-16-17-37-61(56-30-14-12-26-50(56)52-28-18-29-53-51-27-13-15-31-57(51)62(58(52)53)49-24-10-5-11-25-49)38-36-48(39-43(42)2)45-32-34-46(35-33-45)54(59)40-55(47-22-8-4-9-23-47)60-41-44-20-6-3-7-21-44/h3-10,12-13,15,17-18,20-22,24,26-29,31-40,43,47H,1,11,14,16,19,23,25,30,41,59H2,2H3/b37-17-,38-36-,48-39+,54-40-,60-55?. The van der Waals surface area contributed by atoms with E-state index in [0.29, 0.717) is 12.2 Å². The molecule has 0 fully saturated rings. The lowest BCUT2D eigenvalue weighted by Gasteiger charge is -2.26. The van der Waals surface area contributed by atoms with Crippen LogP contribution in [0.25, 0.3) is 44.3 Å². The molecule has 4 aliphatic rings. The molecule has 4 heteroatoms. The van der Waals surface area contributed by atoms with Crippen LogP contribution < -0.4 is 5.73 Å². The quantitative estimate of drug-likeness (QED) is 0.119. The number of hydrogen-bond donors (Lipinski definition) is 1. The molecule has 0 saturated heterocycles. The third-order valence-electron chi connectivity index (χ3n) is 12.6. The summed E-state index contributed by atoms with van der Waals surface area (Å²) in [5.74, 6) is 0.409. The van der Waals surface area contributed by atoms with Crippen LogP contribution in [0, 0.1) is 11.8 Å². The van der Waals surface area contributed by atoms with E-state index in [9.17, 15) is 0 Å². The highest BCUT2D eigenvalue weighted by Gasteiger charge is 2.22. The van der Waals surface area contributed by atoms with E-state index in [0.717, 1.165) is 67.4 Å². The minimum atomic E-state index is 0.190. The Bertz CT molecular complexity index is 2820. The van der Waals surface area contributed by atoms with Gasteiger partial charge in [0, 0.05) is 63.0 Å². The van der Waals surface area contributed by atoms with Crippen molar-refractivity contribution in [1.82, 2.24) is 9.47 Å². The fraction of sp³-hybridized carbons (Fsp3) is 0.190. The Morgan fingerprint density at radius 3 is 2.40 bits per heavy atom. The van der Waals surface area contributed by atoms with Crippen molar-refractivity contribution < 1.29 is 0 Å². The topological polar surface area (TPSA) is 46.5 Å². The Balaban J connectivity index is 1.08. The Labute approximate surface area is 367 Å². The maximum Gasteiger partial charge on any atom is 0.0643 e. The smallest absolute Gasteiger partial charge is 0.0643 e. The predicted molar refractivity (Wildman–Crippen MR) is 266 cm³/mol. The monoisotopic (exact) mass is 808 g/mol. The number of hydrogen-bond acceptors (Lipinski definition) is 3. The second kappa shape index (κ2) is 18.8. The van der Waals surface area contributed by atoms with Gasteiger partial charge < -0.3 is 15.2 Å². The van der Waals surface area contributed by atoms with E-state index in [2.05, 4.69) is 205 Å². The van der Waals surface area contributed by atoms with Gasteiger partial charge in [0.05, 0.1) is 17.6 Å². The Morgan fingerprint density at radius 1 is 0.774 bits per heavy atom. The molecule has 2 N–H and O–H groups in total. The highest BCUT2D eigenvalue weighted by atomic mass is 15.1. The van der Waals surface area contributed by atoms with Crippen molar-refractivity contribution >= 4 is 50.1 Å². The molecule has 4 nitrogen and oxygen atoms in total. The van der Waals surface area contributed by atoms with Crippen LogP contribution in [0.4, 0.5) is 0 Å². The summed E-state index contributed by atoms with van der Waals surface area (Å²) in [7, 11) is 0. The van der Waals surface area contributed by atoms with Gasteiger partial charge in [-0.25, -0.2) is 0 Å². The minimum Gasteiger partial charge on any atom is -0.398 e. The van der Waals surface area contributed by atoms with Gasteiger partial charge in [-0.3, -0.25) is 4.99 Å². The first kappa shape index (κ1) is 40.5. The van der Waals surface area contributed by atoms with Crippen LogP contribution in [0.1, 0.15) is 74.1 Å². The van der Waals surface area contributed by atoms with E-state index in [1.165, 1.54) is 55.5 Å². The van der Waals surface area contributed by atoms with Gasteiger partial charge in [-0.15, -0.1) is 0 Å². The van der Waals surface area contributed by atoms with Gasteiger partial charge >= 0.3 is 0 Å². The third-order valence-corrected chi connectivity index (χ3v) is 12.6. The van der Waals surface area contributed by atoms with Crippen molar-refractivity contribution in [2.45, 2.75) is 58.4 Å². The number of aromatic nitrogens is 1. The fourth-order valence-corrected chi connectivity index (χ4v) is 9.12. The average Bonchev–Trinajstić information content (AvgIpc) is 3.66. The molecule has 5 aromatic rings. The lowest BCUT2D eigenvalue weighted by molar-refractivity contribution is 0.588. The predicted octanol–water partition coefficient (Wildman–Crippen LogP) is 14.5. The molecule has 3 aliphatic carbocycles. The number of para-hydroxylation sites is 2. The summed E-state index contributed by atoms with van der Waals surface area (Å²) in [4.78, 5) is 7.45. The molecule has 0 radical (unpaired) electrons. The highest BCUT2D eigenvalue weighted by Crippen LogP contribution is 2.41. The number of allylic oxidation sites excluding steroid dienone is 18. The first-order valence-corrected chi connectivity index (χ1v) is 22.3. The molecular formula is C58H56N4. The molecule has 2 atom stereocenters. The van der Waals surface area contributed by atoms with Crippen molar-refractivity contribution in [1.29, 1.82) is 0 Å². The van der Waals surface area contributed by atoms with Gasteiger partial charge in [0.15, 0.2) is 0 Å². The van der Waals surface area contributed by atoms with Crippen molar-refractivity contribution in [2.75, 3.05) is 0 Å². The van der Waals surface area contributed by atoms with E-state index in [-0.39, 0.29) is 11.8 Å². The van der Waals surface area contributed by atoms with Crippen molar-refractivity contribution in [3.8, 4) is 0 Å². The number of rotatable bonds is 9. The molecule has 0 saturated carbocycles. The molecule has 62 heavy (non-hydrogen) atoms. The maximum absolute atomic E-state index is 6.88. The summed E-state index contributed by atoms with van der Waals surface area (Å²) < 4.78 is 2.53. The summed E-state index contributed by atoms with van der Waals surface area (Å²) in [5.41, 5.74) is 22.0. The van der Waals surface area contributed by atoms with Crippen molar-refractivity contribution in [3.63, 3.8) is 0 Å². The largest absolute Gasteiger partial charge is 0.398 e. The first-order chi connectivity index (χ1) is 30.5. The van der Waals surface area contributed by atoms with Gasteiger partial charge in [0.2, 0.25) is 0 Å². The lowest BCUT2D eigenvalue weighted by atomic mass is 9.92. The van der Waals surface area contributed by atoms with Crippen LogP contribution in [-0.4, -0.2) is 15.2 Å². The zero-order chi connectivity index (χ0) is 42.3. The third kappa shape index (κ3) is 8.78. The molecule has 0 spiro atoms. The zero-order valence-electron chi connectivity index (χ0n) is 35.8. The molecule has 0 amide bonds. The van der Waals surface area contributed by atoms with Gasteiger partial charge in [-0.1, -0.05) is 171 Å². The van der Waals surface area contributed by atoms with Crippen molar-refractivity contribution in [3.05, 3.63) is 229 Å². The molecule has 2 heterocycles. The van der Waals surface area contributed by atoms with Crippen LogP contribution >= 0.6 is 0 Å². The highest BCUT2D eigenvalue weighted by molar-refractivity contribution is 6.14. The van der Waals surface area contributed by atoms with Crippen LogP contribution in [-0.2, 0) is 6.54 Å². The van der Waals surface area contributed by atoms with Gasteiger partial charge in [-0.05, 0) is 97.4 Å². The van der Waals surface area contributed by atoms with Crippen molar-refractivity contribution in [2.24, 2.45) is 22.6 Å². The molecule has 9 rings (SSSR count). The number of aliphatic imine (C=N–C) groups is 1. The summed E-state index contributed by atoms with van der Waals surface area (Å²) in [6.45, 7) is 7.41. The summed E-state index contributed by atoms with van der Waals surface area (Å²) in [6.07, 6.45) is 40.5. The first-order valence-electron chi connectivity index (χ1n) is 22.3. The molecule has 1 aliphatic heterocycles. The Kier molecular flexibility index (Phi) is 12.3. The molecule has 308 valence electrons. The van der Waals surface area contributed by atoms with Crippen LogP contribution in [0.15, 0.2) is 211 Å². The molecule has 0 bridgehead atoms. The summed E-state index contributed by atoms with van der Waals surface area (Å²) >= 11 is 0. The Morgan fingerprint density at radius 2 is 1.58 bits per heavy atom. The van der Waals surface area contributed by atoms with Gasteiger partial charge in [0.1, 0.15) is 0 Å². The van der Waals surface area contributed by atoms with E-state index in [4.69, 9.17) is 10.7 Å². The lowest BCUT2D eigenvalue weighted by Crippen LogP contribution is -2.14. The number of nitrogens with zero attached hydrogens (tertiary/aromatic N) is 3. The number of nitrogens with two attached hydrogens (primary N) is 1. The van der Waals surface area contributed by atoms with Crippen LogP contribution in [0.5, 0.6) is 0 Å². The zero-order valence-corrected chi connectivity index (χ0v) is 35.8. The second-order valence-electron chi connectivity index (χ2n) is 16.8. The van der Waals surface area contributed by atoms with Gasteiger partial charge in [0.25, 0.3) is 0 Å². The molecule has 2 unspecified atom stereocenters. The minimum absolute atomic E-state index is 0.190. The van der Waals surface area contributed by atoms with Crippen LogP contribution in [0.2, 0.25) is 0 Å². The average molecular weight is 809 g/mol. The molecule has 4 aromatic carbocycles. The molecular weight excluding hydrogens is 753 g/mol. The van der Waals surface area contributed by atoms with E-state index in [1.54, 1.807) is 0 Å². The van der Waals surface area contributed by atoms with E-state index in [1.807, 2.05) is 6.07 Å². The van der Waals surface area contributed by atoms with E-state index < -0.39 is 0 Å². The fourth-order valence-electron chi connectivity index (χ4n) is 9.12. The number of benzene rings is 4. The normalized spacial score (nSPS) is 21.8. The van der Waals surface area contributed by atoms with Crippen LogP contribution in [0.3, 0.4) is 0 Å². The SMILES string of the molecule is C=C1CC/C=C\N(C2=C(c3cccc4c5ccccc5n(C5=CC=CCC5)c34)C=CCC2)/C=C\C(c2ccc(/C(N)=C/C(=NCc3ccccc3)C3C=CC=CC3)cc2)=C/C1C. The number of fused-ring (bicyclic) bond motifs is 3. The summed E-state index contributed by atoms with van der Waals surface area (Å²) in [5, 5.41) is 2.58. The Hall–Kier alpha value is -6.91. The second-order valence-corrected chi connectivity index (χ2v) is 16.8. The van der Waals surface area contributed by atoms with E-state index >= 15 is 0 Å². The maximum atomic E-state index is 6.88. The molecule has 1 aromatic heterocycles. The summed E-state index contributed by atoms with van der Waals surface area (Å²) in [6, 6.07) is 34.8.